The van der Waals surface area contributed by atoms with Gasteiger partial charge in [-0.05, 0) is 55.4 Å². The molecule has 0 saturated carbocycles. The lowest BCUT2D eigenvalue weighted by molar-refractivity contribution is 0.0375. The van der Waals surface area contributed by atoms with E-state index in [1.807, 2.05) is 6.07 Å². The summed E-state index contributed by atoms with van der Waals surface area (Å²) in [4.78, 5) is 4.70. The zero-order chi connectivity index (χ0) is 21.4. The molecular formula is C25H37IN4O. The number of benzene rings is 2. The molecule has 170 valence electrons. The van der Waals surface area contributed by atoms with E-state index in [0.29, 0.717) is 18.4 Å². The summed E-state index contributed by atoms with van der Waals surface area (Å²) in [6.45, 7) is 8.77. The molecule has 1 fully saturated rings. The zero-order valence-electron chi connectivity index (χ0n) is 18.9. The summed E-state index contributed by atoms with van der Waals surface area (Å²) >= 11 is 0. The Hall–Kier alpha value is -1.64. The molecule has 4 N–H and O–H groups in total. The summed E-state index contributed by atoms with van der Waals surface area (Å²) in [7, 11) is 0. The van der Waals surface area contributed by atoms with Crippen LogP contribution in [0, 0.1) is 0 Å². The molecule has 1 aliphatic rings. The molecule has 1 saturated heterocycles. The fourth-order valence-corrected chi connectivity index (χ4v) is 3.95. The largest absolute Gasteiger partial charge is 0.381 e. The Morgan fingerprint density at radius 3 is 2.29 bits per heavy atom. The Labute approximate surface area is 204 Å². The second-order valence-electron chi connectivity index (χ2n) is 8.43. The van der Waals surface area contributed by atoms with Gasteiger partial charge in [0.05, 0.1) is 6.54 Å². The van der Waals surface area contributed by atoms with Gasteiger partial charge in [0.1, 0.15) is 0 Å². The third kappa shape index (κ3) is 7.47. The minimum Gasteiger partial charge on any atom is -0.381 e. The van der Waals surface area contributed by atoms with Crippen molar-refractivity contribution in [1.29, 1.82) is 0 Å². The van der Waals surface area contributed by atoms with Gasteiger partial charge in [-0.25, -0.2) is 0 Å². The SMILES string of the molecule is CCC(C)c1ccc(NC(N)=NCC2(NC(C)c3ccccc3)CCOCC2)cc1.I. The van der Waals surface area contributed by atoms with Crippen LogP contribution in [0.4, 0.5) is 5.69 Å². The van der Waals surface area contributed by atoms with Crippen LogP contribution in [0.15, 0.2) is 59.6 Å². The first-order valence-electron chi connectivity index (χ1n) is 11.1. The molecule has 0 amide bonds. The summed E-state index contributed by atoms with van der Waals surface area (Å²) in [6, 6.07) is 19.2. The lowest BCUT2D eigenvalue weighted by atomic mass is 9.88. The Morgan fingerprint density at radius 2 is 1.68 bits per heavy atom. The number of hydrogen-bond donors (Lipinski definition) is 3. The van der Waals surface area contributed by atoms with Gasteiger partial charge in [-0.3, -0.25) is 4.99 Å². The number of hydrogen-bond acceptors (Lipinski definition) is 3. The minimum atomic E-state index is -0.111. The van der Waals surface area contributed by atoms with E-state index in [1.54, 1.807) is 0 Å². The lowest BCUT2D eigenvalue weighted by Gasteiger charge is -2.39. The van der Waals surface area contributed by atoms with Gasteiger partial charge in [0, 0.05) is 30.5 Å². The predicted molar refractivity (Wildman–Crippen MR) is 141 cm³/mol. The van der Waals surface area contributed by atoms with Crippen LogP contribution in [-0.2, 0) is 4.74 Å². The molecule has 0 bridgehead atoms. The maximum Gasteiger partial charge on any atom is 0.193 e. The van der Waals surface area contributed by atoms with Crippen LogP contribution in [0.2, 0.25) is 0 Å². The van der Waals surface area contributed by atoms with Crippen LogP contribution in [0.1, 0.15) is 63.1 Å². The maximum atomic E-state index is 6.23. The summed E-state index contributed by atoms with van der Waals surface area (Å²) in [5.74, 6) is 1.02. The van der Waals surface area contributed by atoms with E-state index in [4.69, 9.17) is 15.5 Å². The van der Waals surface area contributed by atoms with Gasteiger partial charge < -0.3 is 21.1 Å². The lowest BCUT2D eigenvalue weighted by Crippen LogP contribution is -2.53. The minimum absolute atomic E-state index is 0. The van der Waals surface area contributed by atoms with E-state index in [9.17, 15) is 0 Å². The van der Waals surface area contributed by atoms with Gasteiger partial charge in [-0.2, -0.15) is 0 Å². The zero-order valence-corrected chi connectivity index (χ0v) is 21.3. The van der Waals surface area contributed by atoms with Crippen molar-refractivity contribution in [2.24, 2.45) is 10.7 Å². The fourth-order valence-electron chi connectivity index (χ4n) is 3.95. The molecule has 0 radical (unpaired) electrons. The molecule has 2 unspecified atom stereocenters. The molecule has 0 aliphatic carbocycles. The summed E-state index contributed by atoms with van der Waals surface area (Å²) in [5, 5.41) is 7.06. The Bertz CT molecular complexity index is 804. The number of nitrogens with one attached hydrogen (secondary N) is 2. The Balaban J connectivity index is 0.00000341. The maximum absolute atomic E-state index is 6.23. The molecule has 0 spiro atoms. The van der Waals surface area contributed by atoms with E-state index in [2.05, 4.69) is 79.9 Å². The van der Waals surface area contributed by atoms with Crippen LogP contribution in [0.5, 0.6) is 0 Å². The van der Waals surface area contributed by atoms with Crippen molar-refractivity contribution in [2.75, 3.05) is 25.1 Å². The second kappa shape index (κ2) is 12.4. The Morgan fingerprint density at radius 1 is 1.03 bits per heavy atom. The van der Waals surface area contributed by atoms with Gasteiger partial charge in [0.25, 0.3) is 0 Å². The molecule has 2 atom stereocenters. The first kappa shape index (κ1) is 25.6. The van der Waals surface area contributed by atoms with E-state index in [-0.39, 0.29) is 35.6 Å². The summed E-state index contributed by atoms with van der Waals surface area (Å²) < 4.78 is 5.62. The van der Waals surface area contributed by atoms with Crippen molar-refractivity contribution >= 4 is 35.6 Å². The first-order chi connectivity index (χ1) is 14.5. The van der Waals surface area contributed by atoms with Crippen molar-refractivity contribution < 1.29 is 4.74 Å². The molecular weight excluding hydrogens is 499 g/mol. The highest BCUT2D eigenvalue weighted by Crippen LogP contribution is 2.26. The predicted octanol–water partition coefficient (Wildman–Crippen LogP) is 5.44. The first-order valence-corrected chi connectivity index (χ1v) is 11.1. The highest BCUT2D eigenvalue weighted by Gasteiger charge is 2.33. The monoisotopic (exact) mass is 536 g/mol. The number of rotatable bonds is 8. The van der Waals surface area contributed by atoms with Gasteiger partial charge in [0.2, 0.25) is 0 Å². The number of aliphatic imine (C=N–C) groups is 1. The fraction of sp³-hybridized carbons (Fsp3) is 0.480. The molecule has 2 aromatic carbocycles. The number of anilines is 1. The van der Waals surface area contributed by atoms with E-state index >= 15 is 0 Å². The molecule has 3 rings (SSSR count). The van der Waals surface area contributed by atoms with Gasteiger partial charge in [-0.15, -0.1) is 24.0 Å². The molecule has 0 aromatic heterocycles. The van der Waals surface area contributed by atoms with Crippen molar-refractivity contribution in [2.45, 2.75) is 57.5 Å². The number of nitrogens with zero attached hydrogens (tertiary/aromatic N) is 1. The normalized spacial score (nSPS) is 18.0. The molecule has 31 heavy (non-hydrogen) atoms. The van der Waals surface area contributed by atoms with Gasteiger partial charge in [-0.1, -0.05) is 56.3 Å². The third-order valence-electron chi connectivity index (χ3n) is 6.19. The van der Waals surface area contributed by atoms with Gasteiger partial charge in [0.15, 0.2) is 5.96 Å². The average Bonchev–Trinajstić information content (AvgIpc) is 2.79. The van der Waals surface area contributed by atoms with Crippen molar-refractivity contribution in [3.8, 4) is 0 Å². The van der Waals surface area contributed by atoms with Crippen molar-refractivity contribution in [3.63, 3.8) is 0 Å². The molecule has 6 heteroatoms. The van der Waals surface area contributed by atoms with E-state index in [0.717, 1.165) is 38.2 Å². The van der Waals surface area contributed by atoms with Crippen LogP contribution in [0.25, 0.3) is 0 Å². The van der Waals surface area contributed by atoms with E-state index < -0.39 is 0 Å². The smallest absolute Gasteiger partial charge is 0.193 e. The topological polar surface area (TPSA) is 71.7 Å². The number of halogens is 1. The highest BCUT2D eigenvalue weighted by molar-refractivity contribution is 14.0. The van der Waals surface area contributed by atoms with Crippen molar-refractivity contribution in [3.05, 3.63) is 65.7 Å². The quantitative estimate of drug-likeness (QED) is 0.239. The Kier molecular flexibility index (Phi) is 10.3. The highest BCUT2D eigenvalue weighted by atomic mass is 127. The number of ether oxygens (including phenoxy) is 1. The van der Waals surface area contributed by atoms with Crippen molar-refractivity contribution in [1.82, 2.24) is 5.32 Å². The molecule has 1 heterocycles. The molecule has 2 aromatic rings. The summed E-state index contributed by atoms with van der Waals surface area (Å²) in [6.07, 6.45) is 2.98. The summed E-state index contributed by atoms with van der Waals surface area (Å²) in [5.41, 5.74) is 9.71. The molecule has 5 nitrogen and oxygen atoms in total. The number of nitrogens with two attached hydrogens (primary N) is 1. The van der Waals surface area contributed by atoms with Crippen LogP contribution < -0.4 is 16.4 Å². The van der Waals surface area contributed by atoms with Crippen LogP contribution >= 0.6 is 24.0 Å². The van der Waals surface area contributed by atoms with Crippen LogP contribution in [-0.4, -0.2) is 31.3 Å². The van der Waals surface area contributed by atoms with E-state index in [1.165, 1.54) is 11.1 Å². The standard InChI is InChI=1S/C25H36N4O.HI/c1-4-19(2)21-10-12-23(13-11-21)28-24(26)27-18-25(14-16-30-17-15-25)29-20(3)22-8-6-5-7-9-22;/h5-13,19-20,29H,4,14-18H2,1-3H3,(H3,26,27,28);1H. The second-order valence-corrected chi connectivity index (χ2v) is 8.43. The number of guanidine groups is 1. The molecule has 1 aliphatic heterocycles. The van der Waals surface area contributed by atoms with Crippen LogP contribution in [0.3, 0.4) is 0 Å². The average molecular weight is 537 g/mol. The van der Waals surface area contributed by atoms with Gasteiger partial charge >= 0.3 is 0 Å². The third-order valence-corrected chi connectivity index (χ3v) is 6.19.